The summed E-state index contributed by atoms with van der Waals surface area (Å²) in [5.74, 6) is 1.14. The number of hydrogen-bond donors (Lipinski definition) is 3. The number of hydrogen-bond acceptors (Lipinski definition) is 5. The average Bonchev–Trinajstić information content (AvgIpc) is 2.83. The van der Waals surface area contributed by atoms with Gasteiger partial charge in [-0.1, -0.05) is 19.4 Å². The van der Waals surface area contributed by atoms with Crippen molar-refractivity contribution in [2.24, 2.45) is 5.92 Å². The molecule has 2 fully saturated rings. The van der Waals surface area contributed by atoms with Crippen molar-refractivity contribution in [2.75, 3.05) is 6.54 Å². The molecule has 34 heavy (non-hydrogen) atoms. The van der Waals surface area contributed by atoms with Gasteiger partial charge in [0.2, 0.25) is 5.91 Å². The van der Waals surface area contributed by atoms with Crippen molar-refractivity contribution in [3.8, 4) is 17.9 Å². The lowest BCUT2D eigenvalue weighted by Crippen LogP contribution is -2.48. The number of aromatic hydroxyl groups is 1. The molecule has 1 amide bonds. The summed E-state index contributed by atoms with van der Waals surface area (Å²) in [7, 11) is 0. The van der Waals surface area contributed by atoms with E-state index in [1.54, 1.807) is 6.07 Å². The Morgan fingerprint density at radius 1 is 1.06 bits per heavy atom. The summed E-state index contributed by atoms with van der Waals surface area (Å²) in [6, 6.07) is 13.6. The predicted molar refractivity (Wildman–Crippen MR) is 130 cm³/mol. The number of phenolic OH excluding ortho intramolecular Hbond substituents is 1. The number of carbonyl (C=O) groups is 1. The Labute approximate surface area is 201 Å². The number of benzene rings is 2. The highest BCUT2D eigenvalue weighted by Gasteiger charge is 2.34. The maximum atomic E-state index is 12.2. The third kappa shape index (κ3) is 5.24. The summed E-state index contributed by atoms with van der Waals surface area (Å²) in [5.41, 5.74) is 5.34. The standard InChI is InChI=1S/C28H32N4O2/c1-2-4-22-13-25(23(14-27(22)33)17-32-26-5-3-8-31-28(26)34)24-7-6-21(24)12-18-9-19(15-29)11-20(10-18)16-30/h9-11,13-14,21,24,26,32-33H,2-8,12,17H2,1H3,(H,31,34). The van der Waals surface area contributed by atoms with Crippen molar-refractivity contribution >= 4 is 5.91 Å². The number of aryl methyl sites for hydroxylation is 1. The van der Waals surface area contributed by atoms with E-state index in [2.05, 4.69) is 35.8 Å². The molecular weight excluding hydrogens is 424 g/mol. The topological polar surface area (TPSA) is 109 Å². The van der Waals surface area contributed by atoms with Gasteiger partial charge in [-0.25, -0.2) is 0 Å². The molecule has 2 aromatic carbocycles. The monoisotopic (exact) mass is 456 g/mol. The second-order valence-electron chi connectivity index (χ2n) is 9.59. The van der Waals surface area contributed by atoms with E-state index >= 15 is 0 Å². The number of rotatable bonds is 8. The fraction of sp³-hybridized carbons (Fsp3) is 0.464. The van der Waals surface area contributed by atoms with E-state index in [0.29, 0.717) is 35.3 Å². The van der Waals surface area contributed by atoms with Crippen molar-refractivity contribution in [3.05, 3.63) is 63.7 Å². The number of piperidine rings is 1. The van der Waals surface area contributed by atoms with Crippen molar-refractivity contribution < 1.29 is 9.90 Å². The summed E-state index contributed by atoms with van der Waals surface area (Å²) >= 11 is 0. The van der Waals surface area contributed by atoms with Gasteiger partial charge in [0.1, 0.15) is 5.75 Å². The van der Waals surface area contributed by atoms with E-state index in [0.717, 1.165) is 68.2 Å². The van der Waals surface area contributed by atoms with Gasteiger partial charge in [0.05, 0.1) is 29.3 Å². The van der Waals surface area contributed by atoms with E-state index in [4.69, 9.17) is 0 Å². The summed E-state index contributed by atoms with van der Waals surface area (Å²) in [6.45, 7) is 3.38. The molecule has 176 valence electrons. The number of carbonyl (C=O) groups excluding carboxylic acids is 1. The molecule has 4 rings (SSSR count). The molecule has 6 nitrogen and oxygen atoms in total. The first kappa shape index (κ1) is 23.8. The lowest BCUT2D eigenvalue weighted by atomic mass is 9.66. The molecule has 1 aliphatic heterocycles. The number of nitriles is 2. The molecule has 0 radical (unpaired) electrons. The lowest BCUT2D eigenvalue weighted by Gasteiger charge is -2.39. The van der Waals surface area contributed by atoms with Gasteiger partial charge in [0.15, 0.2) is 0 Å². The first-order valence-corrected chi connectivity index (χ1v) is 12.3. The van der Waals surface area contributed by atoms with Gasteiger partial charge in [-0.3, -0.25) is 4.79 Å². The molecule has 0 aromatic heterocycles. The smallest absolute Gasteiger partial charge is 0.237 e. The molecule has 0 spiro atoms. The van der Waals surface area contributed by atoms with Crippen molar-refractivity contribution in [1.82, 2.24) is 10.6 Å². The van der Waals surface area contributed by atoms with Crippen LogP contribution in [-0.4, -0.2) is 23.6 Å². The fourth-order valence-electron chi connectivity index (χ4n) is 5.33. The van der Waals surface area contributed by atoms with E-state index < -0.39 is 0 Å². The van der Waals surface area contributed by atoms with E-state index in [1.807, 2.05) is 18.2 Å². The minimum absolute atomic E-state index is 0.0480. The average molecular weight is 457 g/mol. The summed E-state index contributed by atoms with van der Waals surface area (Å²) in [4.78, 5) is 12.2. The molecule has 1 heterocycles. The van der Waals surface area contributed by atoms with Gasteiger partial charge >= 0.3 is 0 Å². The molecule has 0 bridgehead atoms. The predicted octanol–water partition coefficient (Wildman–Crippen LogP) is 4.19. The molecule has 1 aliphatic carbocycles. The van der Waals surface area contributed by atoms with Crippen LogP contribution in [-0.2, 0) is 24.2 Å². The Morgan fingerprint density at radius 2 is 1.82 bits per heavy atom. The summed E-state index contributed by atoms with van der Waals surface area (Å²) in [5, 5.41) is 35.6. The second-order valence-corrected chi connectivity index (χ2v) is 9.59. The van der Waals surface area contributed by atoms with Crippen LogP contribution in [0.2, 0.25) is 0 Å². The Balaban J connectivity index is 1.57. The second kappa shape index (κ2) is 10.7. The van der Waals surface area contributed by atoms with Gasteiger partial charge in [-0.15, -0.1) is 0 Å². The normalized spacial score (nSPS) is 21.7. The highest BCUT2D eigenvalue weighted by Crippen LogP contribution is 2.46. The third-order valence-electron chi connectivity index (χ3n) is 7.25. The first-order chi connectivity index (χ1) is 16.5. The summed E-state index contributed by atoms with van der Waals surface area (Å²) < 4.78 is 0. The molecule has 2 aromatic rings. The van der Waals surface area contributed by atoms with Crippen LogP contribution in [0.4, 0.5) is 0 Å². The Morgan fingerprint density at radius 3 is 2.44 bits per heavy atom. The highest BCUT2D eigenvalue weighted by atomic mass is 16.3. The molecule has 2 aliphatic rings. The SMILES string of the molecule is CCCc1cc(C2CCC2Cc2cc(C#N)cc(C#N)c2)c(CNC2CCCNC2=O)cc1O. The van der Waals surface area contributed by atoms with Crippen LogP contribution in [0.25, 0.3) is 0 Å². The quantitative estimate of drug-likeness (QED) is 0.552. The van der Waals surface area contributed by atoms with E-state index in [9.17, 15) is 20.4 Å². The van der Waals surface area contributed by atoms with Crippen molar-refractivity contribution in [3.63, 3.8) is 0 Å². The number of phenols is 1. The van der Waals surface area contributed by atoms with Crippen LogP contribution in [0.3, 0.4) is 0 Å². The molecule has 3 unspecified atom stereocenters. The van der Waals surface area contributed by atoms with E-state index in [-0.39, 0.29) is 11.9 Å². The zero-order valence-corrected chi connectivity index (χ0v) is 19.7. The molecule has 1 saturated carbocycles. The fourth-order valence-corrected chi connectivity index (χ4v) is 5.33. The van der Waals surface area contributed by atoms with Crippen LogP contribution in [0.15, 0.2) is 30.3 Å². The van der Waals surface area contributed by atoms with Gasteiger partial charge in [-0.2, -0.15) is 10.5 Å². The van der Waals surface area contributed by atoms with Gasteiger partial charge in [0, 0.05) is 13.1 Å². The van der Waals surface area contributed by atoms with Crippen molar-refractivity contribution in [1.29, 1.82) is 10.5 Å². The number of nitrogens with one attached hydrogen (secondary N) is 2. The minimum atomic E-state index is -0.200. The third-order valence-corrected chi connectivity index (χ3v) is 7.25. The maximum absolute atomic E-state index is 12.2. The number of nitrogens with zero attached hydrogens (tertiary/aromatic N) is 2. The van der Waals surface area contributed by atoms with Crippen LogP contribution in [0, 0.1) is 28.6 Å². The van der Waals surface area contributed by atoms with Crippen LogP contribution in [0.1, 0.15) is 78.3 Å². The van der Waals surface area contributed by atoms with Crippen molar-refractivity contribution in [2.45, 2.75) is 70.4 Å². The zero-order chi connectivity index (χ0) is 24.1. The Bertz CT molecular complexity index is 1110. The van der Waals surface area contributed by atoms with Gasteiger partial charge < -0.3 is 15.7 Å². The largest absolute Gasteiger partial charge is 0.508 e. The molecule has 3 N–H and O–H groups in total. The first-order valence-electron chi connectivity index (χ1n) is 12.3. The molecular formula is C28H32N4O2. The Hall–Kier alpha value is -3.35. The van der Waals surface area contributed by atoms with Crippen LogP contribution in [0.5, 0.6) is 5.75 Å². The van der Waals surface area contributed by atoms with Gasteiger partial charge in [-0.05, 0) is 96.9 Å². The Kier molecular flexibility index (Phi) is 7.50. The van der Waals surface area contributed by atoms with E-state index in [1.165, 1.54) is 5.56 Å². The highest BCUT2D eigenvalue weighted by molar-refractivity contribution is 5.82. The molecule has 6 heteroatoms. The molecule has 1 saturated heterocycles. The summed E-state index contributed by atoms with van der Waals surface area (Å²) in [6.07, 6.45) is 6.55. The van der Waals surface area contributed by atoms with Crippen LogP contribution < -0.4 is 10.6 Å². The zero-order valence-electron chi connectivity index (χ0n) is 19.7. The minimum Gasteiger partial charge on any atom is -0.508 e. The number of amides is 1. The molecule has 3 atom stereocenters. The maximum Gasteiger partial charge on any atom is 0.237 e. The lowest BCUT2D eigenvalue weighted by molar-refractivity contribution is -0.124. The van der Waals surface area contributed by atoms with Gasteiger partial charge in [0.25, 0.3) is 0 Å². The van der Waals surface area contributed by atoms with Crippen LogP contribution >= 0.6 is 0 Å².